The second-order valence-electron chi connectivity index (χ2n) is 5.52. The molecule has 4 unspecified atom stereocenters. The van der Waals surface area contributed by atoms with Crippen LogP contribution in [0.5, 0.6) is 0 Å². The Kier molecular flexibility index (Phi) is 1.84. The zero-order chi connectivity index (χ0) is 12.5. The zero-order valence-electron chi connectivity index (χ0n) is 9.57. The fourth-order valence-corrected chi connectivity index (χ4v) is 3.76. The lowest BCUT2D eigenvalue weighted by Crippen LogP contribution is -2.26. The highest BCUT2D eigenvalue weighted by molar-refractivity contribution is 5.32. The molecule has 4 rings (SSSR count). The van der Waals surface area contributed by atoms with Gasteiger partial charge >= 0.3 is 6.18 Å². The summed E-state index contributed by atoms with van der Waals surface area (Å²) < 4.78 is 44.1. The van der Waals surface area contributed by atoms with E-state index in [1.165, 1.54) is 12.3 Å². The zero-order valence-corrected chi connectivity index (χ0v) is 9.57. The minimum atomic E-state index is -4.38. The molecule has 96 valence electrons. The number of alkyl halides is 3. The van der Waals surface area contributed by atoms with E-state index in [1.807, 2.05) is 0 Å². The van der Waals surface area contributed by atoms with Crippen LogP contribution in [0, 0.1) is 11.8 Å². The summed E-state index contributed by atoms with van der Waals surface area (Å²) >= 11 is 0. The number of hydrogen-bond acceptors (Lipinski definition) is 2. The third-order valence-electron chi connectivity index (χ3n) is 4.62. The van der Waals surface area contributed by atoms with Gasteiger partial charge in [0.15, 0.2) is 0 Å². The van der Waals surface area contributed by atoms with Gasteiger partial charge < -0.3 is 4.74 Å². The largest absolute Gasteiger partial charge is 0.433 e. The van der Waals surface area contributed by atoms with Gasteiger partial charge in [-0.15, -0.1) is 0 Å². The summed E-state index contributed by atoms with van der Waals surface area (Å²) in [5, 5.41) is 0. The van der Waals surface area contributed by atoms with Crippen molar-refractivity contribution in [3.63, 3.8) is 0 Å². The SMILES string of the molecule is FC(F)(F)c1cc(C23CCC(O2)C2CC23)ccn1. The molecule has 3 aliphatic rings. The number of aromatic nitrogens is 1. The normalized spacial score (nSPS) is 40.9. The molecule has 4 atom stereocenters. The molecule has 0 amide bonds. The Morgan fingerprint density at radius 2 is 2.22 bits per heavy atom. The van der Waals surface area contributed by atoms with E-state index in [9.17, 15) is 13.2 Å². The van der Waals surface area contributed by atoms with Gasteiger partial charge in [0.1, 0.15) is 5.69 Å². The van der Waals surface area contributed by atoms with Crippen molar-refractivity contribution < 1.29 is 17.9 Å². The van der Waals surface area contributed by atoms with Crippen LogP contribution in [0.3, 0.4) is 0 Å². The van der Waals surface area contributed by atoms with Gasteiger partial charge in [-0.2, -0.15) is 13.2 Å². The Balaban J connectivity index is 1.77. The topological polar surface area (TPSA) is 22.1 Å². The van der Waals surface area contributed by atoms with Gasteiger partial charge in [-0.3, -0.25) is 4.98 Å². The average Bonchev–Trinajstić information content (AvgIpc) is 2.97. The third-order valence-corrected chi connectivity index (χ3v) is 4.62. The Morgan fingerprint density at radius 1 is 1.39 bits per heavy atom. The molecule has 1 aliphatic carbocycles. The van der Waals surface area contributed by atoms with Crippen molar-refractivity contribution in [2.75, 3.05) is 0 Å². The molecule has 0 radical (unpaired) electrons. The minimum Gasteiger partial charge on any atom is -0.366 e. The summed E-state index contributed by atoms with van der Waals surface area (Å²) in [5.74, 6) is 1.01. The maximum atomic E-state index is 12.7. The Hall–Kier alpha value is -1.10. The van der Waals surface area contributed by atoms with Gasteiger partial charge in [-0.1, -0.05) is 0 Å². The van der Waals surface area contributed by atoms with Gasteiger partial charge in [-0.25, -0.2) is 0 Å². The summed E-state index contributed by atoms with van der Waals surface area (Å²) in [4.78, 5) is 3.42. The van der Waals surface area contributed by atoms with Crippen LogP contribution in [-0.4, -0.2) is 11.1 Å². The summed E-state index contributed by atoms with van der Waals surface area (Å²) in [7, 11) is 0. The summed E-state index contributed by atoms with van der Waals surface area (Å²) in [6.07, 6.45) is 0.0719. The van der Waals surface area contributed by atoms with Crippen molar-refractivity contribution in [2.24, 2.45) is 11.8 Å². The molecule has 2 bridgehead atoms. The number of fused-ring (bicyclic) bond motifs is 5. The van der Waals surface area contributed by atoms with Gasteiger partial charge in [-0.05, 0) is 48.8 Å². The van der Waals surface area contributed by atoms with Crippen LogP contribution in [0.1, 0.15) is 30.5 Å². The first-order valence-corrected chi connectivity index (χ1v) is 6.22. The molecule has 1 aromatic heterocycles. The van der Waals surface area contributed by atoms with E-state index >= 15 is 0 Å². The molecule has 3 heterocycles. The van der Waals surface area contributed by atoms with E-state index in [1.54, 1.807) is 6.07 Å². The average molecular weight is 255 g/mol. The number of rotatable bonds is 1. The van der Waals surface area contributed by atoms with Crippen LogP contribution < -0.4 is 0 Å². The molecule has 0 spiro atoms. The van der Waals surface area contributed by atoms with Crippen molar-refractivity contribution in [1.29, 1.82) is 0 Å². The molecular formula is C13H12F3NO. The van der Waals surface area contributed by atoms with Gasteiger partial charge in [0.2, 0.25) is 0 Å². The standard InChI is InChI=1S/C13H12F3NO/c14-13(15,16)11-5-7(2-4-17-11)12-3-1-10(18-12)8-6-9(8)12/h2,4-5,8-10H,1,3,6H2. The van der Waals surface area contributed by atoms with Crippen molar-refractivity contribution in [1.82, 2.24) is 4.98 Å². The fourth-order valence-electron chi connectivity index (χ4n) is 3.76. The van der Waals surface area contributed by atoms with Crippen LogP contribution in [0.15, 0.2) is 18.3 Å². The van der Waals surface area contributed by atoms with Crippen LogP contribution in [0.25, 0.3) is 0 Å². The van der Waals surface area contributed by atoms with Crippen LogP contribution in [-0.2, 0) is 16.5 Å². The molecule has 1 aromatic rings. The Morgan fingerprint density at radius 3 is 2.89 bits per heavy atom. The van der Waals surface area contributed by atoms with Crippen LogP contribution >= 0.6 is 0 Å². The van der Waals surface area contributed by atoms with Crippen molar-refractivity contribution in [3.05, 3.63) is 29.6 Å². The summed E-state index contributed by atoms with van der Waals surface area (Å²) in [6, 6.07) is 2.85. The smallest absolute Gasteiger partial charge is 0.366 e. The van der Waals surface area contributed by atoms with E-state index in [0.717, 1.165) is 19.3 Å². The number of pyridine rings is 1. The highest BCUT2D eigenvalue weighted by Crippen LogP contribution is 2.68. The van der Waals surface area contributed by atoms with Crippen molar-refractivity contribution in [2.45, 2.75) is 37.1 Å². The predicted octanol–water partition coefficient (Wildman–Crippen LogP) is 3.12. The van der Waals surface area contributed by atoms with Crippen molar-refractivity contribution in [3.8, 4) is 0 Å². The fraction of sp³-hybridized carbons (Fsp3) is 0.615. The minimum absolute atomic E-state index is 0.275. The first-order valence-electron chi connectivity index (χ1n) is 6.22. The van der Waals surface area contributed by atoms with Gasteiger partial charge in [0.25, 0.3) is 0 Å². The van der Waals surface area contributed by atoms with E-state index in [4.69, 9.17) is 4.74 Å². The number of nitrogens with zero attached hydrogens (tertiary/aromatic N) is 1. The molecule has 2 saturated heterocycles. The van der Waals surface area contributed by atoms with Crippen LogP contribution in [0.4, 0.5) is 13.2 Å². The van der Waals surface area contributed by atoms with E-state index in [2.05, 4.69) is 4.98 Å². The molecule has 3 fully saturated rings. The maximum Gasteiger partial charge on any atom is 0.433 e. The Bertz CT molecular complexity index is 515. The van der Waals surface area contributed by atoms with Crippen LogP contribution in [0.2, 0.25) is 0 Å². The highest BCUT2D eigenvalue weighted by Gasteiger charge is 2.68. The van der Waals surface area contributed by atoms with Crippen molar-refractivity contribution >= 4 is 0 Å². The summed E-state index contributed by atoms with van der Waals surface area (Å²) in [6.45, 7) is 0. The van der Waals surface area contributed by atoms with E-state index in [-0.39, 0.29) is 6.10 Å². The number of hydrogen-bond donors (Lipinski definition) is 0. The predicted molar refractivity (Wildman–Crippen MR) is 56.6 cm³/mol. The Labute approximate surface area is 102 Å². The molecule has 2 aliphatic heterocycles. The molecular weight excluding hydrogens is 243 g/mol. The second kappa shape index (κ2) is 3.07. The van der Waals surface area contributed by atoms with E-state index < -0.39 is 17.5 Å². The first-order chi connectivity index (χ1) is 8.51. The molecule has 2 nitrogen and oxygen atoms in total. The van der Waals surface area contributed by atoms with Gasteiger partial charge in [0.05, 0.1) is 11.7 Å². The van der Waals surface area contributed by atoms with E-state index in [0.29, 0.717) is 17.4 Å². The molecule has 5 heteroatoms. The summed E-state index contributed by atoms with van der Waals surface area (Å²) in [5.41, 5.74) is -0.596. The molecule has 0 N–H and O–H groups in total. The molecule has 1 saturated carbocycles. The number of halogens is 3. The van der Waals surface area contributed by atoms with Gasteiger partial charge in [0, 0.05) is 6.20 Å². The maximum absolute atomic E-state index is 12.7. The number of ether oxygens (including phenoxy) is 1. The monoisotopic (exact) mass is 255 g/mol. The lowest BCUT2D eigenvalue weighted by Gasteiger charge is -2.27. The molecule has 18 heavy (non-hydrogen) atoms. The first kappa shape index (κ1) is 10.8. The lowest BCUT2D eigenvalue weighted by molar-refractivity contribution is -0.141. The quantitative estimate of drug-likeness (QED) is 0.769. The molecule has 0 aromatic carbocycles. The highest BCUT2D eigenvalue weighted by atomic mass is 19.4. The second-order valence-corrected chi connectivity index (χ2v) is 5.52. The lowest BCUT2D eigenvalue weighted by atomic mass is 9.82. The third kappa shape index (κ3) is 1.25.